The van der Waals surface area contributed by atoms with Gasteiger partial charge in [0.1, 0.15) is 7.28 Å². The number of fused-ring (bicyclic) bond motifs is 3. The van der Waals surface area contributed by atoms with Crippen LogP contribution in [0.25, 0.3) is 0 Å². The molecule has 0 spiro atoms. The van der Waals surface area contributed by atoms with Crippen LogP contribution in [-0.2, 0) is 6.42 Å². The molecule has 1 aromatic carbocycles. The second-order valence-electron chi connectivity index (χ2n) is 7.23. The van der Waals surface area contributed by atoms with Crippen molar-refractivity contribution in [3.05, 3.63) is 47.7 Å². The van der Waals surface area contributed by atoms with Gasteiger partial charge in [-0.3, -0.25) is 0 Å². The molecule has 4 atom stereocenters. The molecule has 2 aliphatic carbocycles. The first kappa shape index (κ1) is 15.7. The summed E-state index contributed by atoms with van der Waals surface area (Å²) < 4.78 is 0. The highest BCUT2D eigenvalue weighted by Gasteiger charge is 2.43. The smallest absolute Gasteiger partial charge is 0.106 e. The van der Waals surface area contributed by atoms with Gasteiger partial charge in [0.05, 0.1) is 0 Å². The third-order valence-corrected chi connectivity index (χ3v) is 5.68. The fourth-order valence-electron chi connectivity index (χ4n) is 4.82. The van der Waals surface area contributed by atoms with E-state index in [2.05, 4.69) is 57.2 Å². The van der Waals surface area contributed by atoms with Gasteiger partial charge in [-0.25, -0.2) is 0 Å². The number of hydrogen-bond acceptors (Lipinski definition) is 1. The van der Waals surface area contributed by atoms with Crippen LogP contribution in [0.2, 0.25) is 13.1 Å². The van der Waals surface area contributed by atoms with E-state index in [1.54, 1.807) is 11.1 Å². The van der Waals surface area contributed by atoms with Crippen molar-refractivity contribution >= 4 is 7.28 Å². The van der Waals surface area contributed by atoms with E-state index in [0.29, 0.717) is 11.8 Å². The van der Waals surface area contributed by atoms with E-state index in [-0.39, 0.29) is 0 Å². The third-order valence-electron chi connectivity index (χ3n) is 5.68. The molecule has 3 rings (SSSR count). The summed E-state index contributed by atoms with van der Waals surface area (Å²) in [6, 6.07) is 9.12. The molecule has 22 heavy (non-hydrogen) atoms. The van der Waals surface area contributed by atoms with Crippen molar-refractivity contribution in [2.24, 2.45) is 17.8 Å². The molecule has 2 aliphatic rings. The molecular formula is C20H29BN. The molecule has 0 heterocycles. The van der Waals surface area contributed by atoms with Crippen LogP contribution in [0.15, 0.2) is 36.5 Å². The number of nitrogens with one attached hydrogen (secondary N) is 1. The monoisotopic (exact) mass is 294 g/mol. The number of allylic oxidation sites excluding steroid dienone is 1. The molecule has 3 unspecified atom stereocenters. The fourth-order valence-corrected chi connectivity index (χ4v) is 4.82. The normalized spacial score (nSPS) is 29.5. The highest BCUT2D eigenvalue weighted by molar-refractivity contribution is 6.33. The Morgan fingerprint density at radius 2 is 2.14 bits per heavy atom. The van der Waals surface area contributed by atoms with Crippen molar-refractivity contribution in [1.29, 1.82) is 0 Å². The SMILES string of the molecule is C=C(NCCC)[C@H]1CC(C[B]C)CC2Cc3ccccc3C21. The van der Waals surface area contributed by atoms with Crippen molar-refractivity contribution in [1.82, 2.24) is 5.32 Å². The Kier molecular flexibility index (Phi) is 4.95. The molecule has 1 nitrogen and oxygen atoms in total. The van der Waals surface area contributed by atoms with E-state index in [1.807, 2.05) is 0 Å². The molecule has 0 amide bonds. The quantitative estimate of drug-likeness (QED) is 0.753. The van der Waals surface area contributed by atoms with Crippen LogP contribution in [0.5, 0.6) is 0 Å². The van der Waals surface area contributed by atoms with Gasteiger partial charge in [0.25, 0.3) is 0 Å². The second kappa shape index (κ2) is 6.94. The number of rotatable bonds is 6. The molecule has 0 saturated heterocycles. The Balaban J connectivity index is 1.85. The lowest BCUT2D eigenvalue weighted by Gasteiger charge is -2.40. The van der Waals surface area contributed by atoms with Crippen LogP contribution in [0, 0.1) is 17.8 Å². The Labute approximate surface area is 136 Å². The first-order chi connectivity index (χ1) is 10.7. The minimum Gasteiger partial charge on any atom is -0.389 e. The van der Waals surface area contributed by atoms with E-state index >= 15 is 0 Å². The van der Waals surface area contributed by atoms with E-state index in [9.17, 15) is 0 Å². The summed E-state index contributed by atoms with van der Waals surface area (Å²) in [6.07, 6.45) is 6.40. The van der Waals surface area contributed by atoms with Gasteiger partial charge in [0.2, 0.25) is 0 Å². The van der Waals surface area contributed by atoms with Gasteiger partial charge < -0.3 is 5.32 Å². The third kappa shape index (κ3) is 2.98. The standard InChI is InChI=1S/C20H29BN/c1-4-9-22-14(2)19-11-15(13-21-3)10-17-12-16-7-5-6-8-18(16)20(17)19/h5-8,15,17,19-20,22H,2,4,9-13H2,1,3H3/t15?,17?,19-,20?/m1/s1. The summed E-state index contributed by atoms with van der Waals surface area (Å²) in [7, 11) is 2.35. The Hall–Kier alpha value is -1.18. The summed E-state index contributed by atoms with van der Waals surface area (Å²) >= 11 is 0. The molecule has 1 fully saturated rings. The first-order valence-electron chi connectivity index (χ1n) is 9.02. The minimum atomic E-state index is 0.610. The second-order valence-corrected chi connectivity index (χ2v) is 7.23. The molecule has 1 N–H and O–H groups in total. The molecule has 117 valence electrons. The maximum Gasteiger partial charge on any atom is 0.106 e. The van der Waals surface area contributed by atoms with Crippen LogP contribution in [0.1, 0.15) is 43.2 Å². The van der Waals surface area contributed by atoms with Gasteiger partial charge in [-0.1, -0.05) is 50.9 Å². The fraction of sp³-hybridized carbons (Fsp3) is 0.600. The van der Waals surface area contributed by atoms with Gasteiger partial charge >= 0.3 is 0 Å². The zero-order valence-electron chi connectivity index (χ0n) is 14.1. The van der Waals surface area contributed by atoms with Gasteiger partial charge in [0.15, 0.2) is 0 Å². The average molecular weight is 294 g/mol. The van der Waals surface area contributed by atoms with Crippen molar-refractivity contribution in [2.75, 3.05) is 6.54 Å². The van der Waals surface area contributed by atoms with Crippen molar-refractivity contribution in [3.8, 4) is 0 Å². The highest BCUT2D eigenvalue weighted by Crippen LogP contribution is 2.53. The highest BCUT2D eigenvalue weighted by atomic mass is 14.9. The molecule has 2 heteroatoms. The molecule has 0 aromatic heterocycles. The van der Waals surface area contributed by atoms with E-state index in [0.717, 1.165) is 18.4 Å². The summed E-state index contributed by atoms with van der Waals surface area (Å²) in [4.78, 5) is 0. The Bertz CT molecular complexity index is 524. The lowest BCUT2D eigenvalue weighted by molar-refractivity contribution is 0.199. The Morgan fingerprint density at radius 1 is 1.32 bits per heavy atom. The van der Waals surface area contributed by atoms with Crippen molar-refractivity contribution < 1.29 is 0 Å². The van der Waals surface area contributed by atoms with Crippen molar-refractivity contribution in [2.45, 2.75) is 51.7 Å². The van der Waals surface area contributed by atoms with Crippen molar-refractivity contribution in [3.63, 3.8) is 0 Å². The number of benzene rings is 1. The topological polar surface area (TPSA) is 12.0 Å². The van der Waals surface area contributed by atoms with E-state index in [4.69, 9.17) is 0 Å². The summed E-state index contributed by atoms with van der Waals surface area (Å²) in [6.45, 7) is 9.91. The zero-order chi connectivity index (χ0) is 15.5. The van der Waals surface area contributed by atoms with Crippen LogP contribution in [0.4, 0.5) is 0 Å². The predicted molar refractivity (Wildman–Crippen MR) is 96.4 cm³/mol. The number of hydrogen-bond donors (Lipinski definition) is 1. The van der Waals surface area contributed by atoms with Crippen LogP contribution < -0.4 is 5.32 Å². The maximum absolute atomic E-state index is 4.42. The largest absolute Gasteiger partial charge is 0.389 e. The van der Waals surface area contributed by atoms with Gasteiger partial charge in [-0.15, -0.1) is 0 Å². The molecule has 0 bridgehead atoms. The van der Waals surface area contributed by atoms with Gasteiger partial charge in [0, 0.05) is 18.2 Å². The lowest BCUT2D eigenvalue weighted by atomic mass is 9.60. The molecule has 1 saturated carbocycles. The molecule has 1 aromatic rings. The van der Waals surface area contributed by atoms with E-state index in [1.165, 1.54) is 37.7 Å². The predicted octanol–water partition coefficient (Wildman–Crippen LogP) is 4.65. The summed E-state index contributed by atoms with van der Waals surface area (Å²) in [5, 5.41) is 3.60. The first-order valence-corrected chi connectivity index (χ1v) is 9.02. The summed E-state index contributed by atoms with van der Waals surface area (Å²) in [5.74, 6) is 2.96. The van der Waals surface area contributed by atoms with Crippen LogP contribution in [0.3, 0.4) is 0 Å². The average Bonchev–Trinajstić information content (AvgIpc) is 2.90. The van der Waals surface area contributed by atoms with Crippen LogP contribution >= 0.6 is 0 Å². The minimum absolute atomic E-state index is 0.610. The van der Waals surface area contributed by atoms with Gasteiger partial charge in [-0.05, 0) is 54.6 Å². The maximum atomic E-state index is 4.42. The Morgan fingerprint density at radius 3 is 2.91 bits per heavy atom. The van der Waals surface area contributed by atoms with E-state index < -0.39 is 0 Å². The van der Waals surface area contributed by atoms with Gasteiger partial charge in [-0.2, -0.15) is 0 Å². The molecule has 0 aliphatic heterocycles. The molecule has 1 radical (unpaired) electrons. The van der Waals surface area contributed by atoms with Crippen LogP contribution in [-0.4, -0.2) is 13.8 Å². The molecular weight excluding hydrogens is 265 g/mol. The lowest BCUT2D eigenvalue weighted by Crippen LogP contribution is -2.34. The summed E-state index contributed by atoms with van der Waals surface area (Å²) in [5.41, 5.74) is 4.48. The zero-order valence-corrected chi connectivity index (χ0v) is 14.1.